The highest BCUT2D eigenvalue weighted by Crippen LogP contribution is 2.33. The number of esters is 1. The third kappa shape index (κ3) is 3.47. The van der Waals surface area contributed by atoms with Crippen LogP contribution in [-0.4, -0.2) is 45.8 Å². The number of phenolic OH excluding ortho intramolecular Hbond substituents is 2. The number of rotatable bonds is 5. The predicted molar refractivity (Wildman–Crippen MR) is 93.9 cm³/mol. The summed E-state index contributed by atoms with van der Waals surface area (Å²) in [7, 11) is 0. The Bertz CT molecular complexity index is 917. The first kappa shape index (κ1) is 18.4. The van der Waals surface area contributed by atoms with Crippen LogP contribution in [0.25, 0.3) is 0 Å². The molecule has 140 valence electrons. The molecule has 0 aliphatic carbocycles. The number of anilines is 1. The summed E-state index contributed by atoms with van der Waals surface area (Å²) in [5.41, 5.74) is 0.175. The molecule has 1 heterocycles. The summed E-state index contributed by atoms with van der Waals surface area (Å²) in [5.74, 6) is -2.66. The average molecular weight is 371 g/mol. The molecule has 0 fully saturated rings. The van der Waals surface area contributed by atoms with E-state index >= 15 is 0 Å². The molecule has 0 spiro atoms. The van der Waals surface area contributed by atoms with E-state index in [1.54, 1.807) is 6.92 Å². The van der Waals surface area contributed by atoms with E-state index in [4.69, 9.17) is 4.74 Å². The summed E-state index contributed by atoms with van der Waals surface area (Å²) < 4.78 is 4.98. The van der Waals surface area contributed by atoms with Crippen LogP contribution in [0.5, 0.6) is 11.5 Å². The van der Waals surface area contributed by atoms with Gasteiger partial charge in [-0.2, -0.15) is 0 Å². The van der Waals surface area contributed by atoms with Crippen molar-refractivity contribution in [3.05, 3.63) is 53.1 Å². The van der Waals surface area contributed by atoms with E-state index in [0.717, 1.165) is 11.0 Å². The number of nitrogens with zero attached hydrogens (tertiary/aromatic N) is 1. The van der Waals surface area contributed by atoms with Crippen molar-refractivity contribution in [3.63, 3.8) is 0 Å². The van der Waals surface area contributed by atoms with Crippen LogP contribution < -0.4 is 4.90 Å². The Morgan fingerprint density at radius 1 is 1.04 bits per heavy atom. The molecular weight excluding hydrogens is 354 g/mol. The maximum Gasteiger partial charge on any atom is 0.338 e. The van der Waals surface area contributed by atoms with Gasteiger partial charge in [-0.3, -0.25) is 9.59 Å². The third-order valence-corrected chi connectivity index (χ3v) is 4.15. The number of hydrogen-bond donors (Lipinski definition) is 3. The molecule has 0 bridgehead atoms. The molecule has 3 rings (SSSR count). The minimum Gasteiger partial charge on any atom is -0.508 e. The van der Waals surface area contributed by atoms with Gasteiger partial charge in [0, 0.05) is 18.2 Å². The smallest absolute Gasteiger partial charge is 0.338 e. The zero-order chi connectivity index (χ0) is 19.7. The molecular formula is C19H17NO7. The van der Waals surface area contributed by atoms with Crippen LogP contribution in [0, 0.1) is 0 Å². The number of carbonyl (C=O) groups is 3. The fourth-order valence-corrected chi connectivity index (χ4v) is 2.68. The normalized spacial score (nSPS) is 14.2. The highest BCUT2D eigenvalue weighted by molar-refractivity contribution is 6.34. The van der Waals surface area contributed by atoms with Gasteiger partial charge in [-0.15, -0.1) is 0 Å². The van der Waals surface area contributed by atoms with Crippen molar-refractivity contribution >= 4 is 23.5 Å². The van der Waals surface area contributed by atoms with Crippen LogP contribution in [0.15, 0.2) is 36.4 Å². The number of carbonyl (C=O) groups excluding carboxylic acids is 3. The van der Waals surface area contributed by atoms with E-state index in [9.17, 15) is 29.7 Å². The molecule has 1 atom stereocenters. The van der Waals surface area contributed by atoms with Crippen molar-refractivity contribution in [1.29, 1.82) is 0 Å². The number of aliphatic hydroxyl groups excluding tert-OH is 1. The van der Waals surface area contributed by atoms with Gasteiger partial charge < -0.3 is 20.1 Å². The molecule has 0 saturated heterocycles. The van der Waals surface area contributed by atoms with Crippen LogP contribution >= 0.6 is 0 Å². The lowest BCUT2D eigenvalue weighted by Gasteiger charge is -2.14. The van der Waals surface area contributed by atoms with Gasteiger partial charge in [0.2, 0.25) is 0 Å². The Hall–Kier alpha value is -3.39. The van der Waals surface area contributed by atoms with Gasteiger partial charge in [0.1, 0.15) is 18.1 Å². The Morgan fingerprint density at radius 3 is 2.30 bits per heavy atom. The Labute approximate surface area is 154 Å². The number of aliphatic hydroxyl groups is 1. The van der Waals surface area contributed by atoms with Crippen LogP contribution in [0.2, 0.25) is 0 Å². The lowest BCUT2D eigenvalue weighted by molar-refractivity contribution is 0.0250. The number of ether oxygens (including phenoxy) is 1. The summed E-state index contributed by atoms with van der Waals surface area (Å²) in [6.45, 7) is 1.57. The summed E-state index contributed by atoms with van der Waals surface area (Å²) >= 11 is 0. The lowest BCUT2D eigenvalue weighted by Crippen LogP contribution is -2.29. The minimum atomic E-state index is -0.777. The van der Waals surface area contributed by atoms with E-state index in [1.807, 2.05) is 0 Å². The zero-order valence-corrected chi connectivity index (χ0v) is 14.4. The van der Waals surface area contributed by atoms with E-state index < -0.39 is 23.9 Å². The second kappa shape index (κ2) is 7.08. The predicted octanol–water partition coefficient (Wildman–Crippen LogP) is 1.83. The van der Waals surface area contributed by atoms with Crippen molar-refractivity contribution in [2.75, 3.05) is 11.5 Å². The topological polar surface area (TPSA) is 124 Å². The largest absolute Gasteiger partial charge is 0.508 e. The molecule has 8 nitrogen and oxygen atoms in total. The summed E-state index contributed by atoms with van der Waals surface area (Å²) in [6.07, 6.45) is -0.351. The maximum absolute atomic E-state index is 12.7. The van der Waals surface area contributed by atoms with Crippen LogP contribution in [0.4, 0.5) is 5.69 Å². The average Bonchev–Trinajstić information content (AvgIpc) is 2.88. The molecule has 2 aromatic carbocycles. The number of imide groups is 1. The lowest BCUT2D eigenvalue weighted by atomic mass is 10.1. The van der Waals surface area contributed by atoms with Crippen molar-refractivity contribution < 1.29 is 34.4 Å². The fourth-order valence-electron chi connectivity index (χ4n) is 2.68. The van der Waals surface area contributed by atoms with Gasteiger partial charge in [0.25, 0.3) is 11.8 Å². The molecule has 3 N–H and O–H groups in total. The number of aromatic hydroxyl groups is 2. The van der Waals surface area contributed by atoms with Gasteiger partial charge in [-0.05, 0) is 24.6 Å². The van der Waals surface area contributed by atoms with Crippen LogP contribution in [-0.2, 0) is 4.74 Å². The maximum atomic E-state index is 12.7. The van der Waals surface area contributed by atoms with E-state index in [1.165, 1.54) is 30.3 Å². The Morgan fingerprint density at radius 2 is 1.67 bits per heavy atom. The van der Waals surface area contributed by atoms with E-state index in [2.05, 4.69) is 0 Å². The van der Waals surface area contributed by atoms with Crippen LogP contribution in [0.1, 0.15) is 44.4 Å². The first-order valence-electron chi connectivity index (χ1n) is 8.23. The zero-order valence-electron chi connectivity index (χ0n) is 14.4. The van der Waals surface area contributed by atoms with Gasteiger partial charge in [-0.25, -0.2) is 9.69 Å². The number of phenols is 2. The second-order valence-corrected chi connectivity index (χ2v) is 6.07. The van der Waals surface area contributed by atoms with Gasteiger partial charge in [0.15, 0.2) is 0 Å². The molecule has 1 unspecified atom stereocenters. The third-order valence-electron chi connectivity index (χ3n) is 4.15. The van der Waals surface area contributed by atoms with Gasteiger partial charge in [0.05, 0.1) is 28.5 Å². The Balaban J connectivity index is 1.89. The van der Waals surface area contributed by atoms with E-state index in [0.29, 0.717) is 6.42 Å². The quantitative estimate of drug-likeness (QED) is 0.541. The highest BCUT2D eigenvalue weighted by atomic mass is 16.5. The monoisotopic (exact) mass is 371 g/mol. The van der Waals surface area contributed by atoms with Crippen molar-refractivity contribution in [1.82, 2.24) is 0 Å². The molecule has 1 aliphatic rings. The molecule has 1 aliphatic heterocycles. The first-order valence-corrected chi connectivity index (χ1v) is 8.23. The van der Waals surface area contributed by atoms with Crippen molar-refractivity contribution in [3.8, 4) is 11.5 Å². The van der Waals surface area contributed by atoms with Crippen LogP contribution in [0.3, 0.4) is 0 Å². The summed E-state index contributed by atoms with van der Waals surface area (Å²) in [4.78, 5) is 38.1. The molecule has 2 aromatic rings. The SMILES string of the molecule is CCC(O)COC(=O)c1ccc2c(c1)C(=O)N(c1cc(O)cc(O)c1)C2=O. The Kier molecular flexibility index (Phi) is 4.83. The standard InChI is InChI=1S/C19H17NO7/c1-2-12(21)9-27-19(26)10-3-4-15-16(5-10)18(25)20(17(15)24)11-6-13(22)8-14(23)7-11/h3-8,12,21-23H,2,9H2,1H3. The molecule has 0 aromatic heterocycles. The molecule has 8 heteroatoms. The molecule has 27 heavy (non-hydrogen) atoms. The van der Waals surface area contributed by atoms with Crippen molar-refractivity contribution in [2.24, 2.45) is 0 Å². The minimum absolute atomic E-state index is 0.00771. The molecule has 2 amide bonds. The number of benzene rings is 2. The fraction of sp³-hybridized carbons (Fsp3) is 0.211. The summed E-state index contributed by atoms with van der Waals surface area (Å²) in [6, 6.07) is 7.35. The summed E-state index contributed by atoms with van der Waals surface area (Å²) in [5, 5.41) is 28.7. The molecule has 0 radical (unpaired) electrons. The number of fused-ring (bicyclic) bond motifs is 1. The van der Waals surface area contributed by atoms with Gasteiger partial charge >= 0.3 is 5.97 Å². The van der Waals surface area contributed by atoms with Gasteiger partial charge in [-0.1, -0.05) is 6.92 Å². The number of amides is 2. The molecule has 0 saturated carbocycles. The second-order valence-electron chi connectivity index (χ2n) is 6.07. The highest BCUT2D eigenvalue weighted by Gasteiger charge is 2.37. The van der Waals surface area contributed by atoms with Crippen molar-refractivity contribution in [2.45, 2.75) is 19.4 Å². The first-order chi connectivity index (χ1) is 12.8. The van der Waals surface area contributed by atoms with E-state index in [-0.39, 0.29) is 40.5 Å². The number of hydrogen-bond acceptors (Lipinski definition) is 7.